The van der Waals surface area contributed by atoms with Gasteiger partial charge in [0.15, 0.2) is 6.61 Å². The van der Waals surface area contributed by atoms with E-state index in [4.69, 9.17) is 10.00 Å². The lowest BCUT2D eigenvalue weighted by Crippen LogP contribution is -2.37. The standard InChI is InChI=1S/C20H20FN3O5S/c1-15-3-9-18(10-4-15)30(27,28)23-13-20(26)29-14-19(25)24(12-2-11-22)17-7-5-16(21)6-8-17/h3-10,23H,2,12-14H2,1H3. The maximum absolute atomic E-state index is 13.1. The number of nitriles is 1. The zero-order chi connectivity index (χ0) is 22.1. The Labute approximate surface area is 173 Å². The minimum Gasteiger partial charge on any atom is -0.455 e. The molecule has 0 saturated carbocycles. The third-order valence-corrected chi connectivity index (χ3v) is 5.40. The predicted octanol–water partition coefficient (Wildman–Crippen LogP) is 1.90. The third kappa shape index (κ3) is 6.65. The van der Waals surface area contributed by atoms with Gasteiger partial charge in [-0.3, -0.25) is 9.59 Å². The van der Waals surface area contributed by atoms with Crippen LogP contribution in [0.4, 0.5) is 10.1 Å². The van der Waals surface area contributed by atoms with Crippen molar-refractivity contribution in [2.45, 2.75) is 18.2 Å². The Bertz CT molecular complexity index is 1030. The molecule has 0 heterocycles. The summed E-state index contributed by atoms with van der Waals surface area (Å²) in [6.07, 6.45) is 0.0212. The SMILES string of the molecule is Cc1ccc(S(=O)(=O)NCC(=O)OCC(=O)N(CCC#N)c2ccc(F)cc2)cc1. The summed E-state index contributed by atoms with van der Waals surface area (Å²) < 4.78 is 44.4. The number of nitrogens with one attached hydrogen (secondary N) is 1. The van der Waals surface area contributed by atoms with Crippen molar-refractivity contribution in [1.82, 2.24) is 4.72 Å². The number of carbonyl (C=O) groups is 2. The van der Waals surface area contributed by atoms with Gasteiger partial charge < -0.3 is 9.64 Å². The Balaban J connectivity index is 1.93. The lowest BCUT2D eigenvalue weighted by Gasteiger charge is -2.21. The average Bonchev–Trinajstić information content (AvgIpc) is 2.72. The largest absolute Gasteiger partial charge is 0.455 e. The van der Waals surface area contributed by atoms with Crippen LogP contribution >= 0.6 is 0 Å². The van der Waals surface area contributed by atoms with Crippen molar-refractivity contribution in [1.29, 1.82) is 5.26 Å². The van der Waals surface area contributed by atoms with E-state index in [1.807, 2.05) is 13.0 Å². The number of amides is 1. The number of hydrogen-bond donors (Lipinski definition) is 1. The molecule has 0 atom stereocenters. The molecular formula is C20H20FN3O5S. The molecule has 0 aliphatic rings. The van der Waals surface area contributed by atoms with Crippen LogP contribution in [0.3, 0.4) is 0 Å². The first-order chi connectivity index (χ1) is 14.2. The highest BCUT2D eigenvalue weighted by molar-refractivity contribution is 7.89. The van der Waals surface area contributed by atoms with Crippen molar-refractivity contribution in [2.75, 3.05) is 24.6 Å². The molecule has 2 rings (SSSR count). The van der Waals surface area contributed by atoms with Crippen LogP contribution in [0.15, 0.2) is 53.4 Å². The Hall–Kier alpha value is -3.29. The molecular weight excluding hydrogens is 413 g/mol. The van der Waals surface area contributed by atoms with E-state index < -0.39 is 40.9 Å². The van der Waals surface area contributed by atoms with Crippen LogP contribution in [0.1, 0.15) is 12.0 Å². The second-order valence-electron chi connectivity index (χ2n) is 6.23. The van der Waals surface area contributed by atoms with E-state index in [1.54, 1.807) is 12.1 Å². The van der Waals surface area contributed by atoms with Crippen molar-refractivity contribution in [3.63, 3.8) is 0 Å². The maximum Gasteiger partial charge on any atom is 0.321 e. The number of carbonyl (C=O) groups excluding carboxylic acids is 2. The Morgan fingerprint density at radius 3 is 2.37 bits per heavy atom. The zero-order valence-corrected chi connectivity index (χ0v) is 17.0. The molecule has 0 spiro atoms. The molecule has 0 bridgehead atoms. The van der Waals surface area contributed by atoms with Crippen molar-refractivity contribution >= 4 is 27.6 Å². The molecule has 0 aliphatic carbocycles. The quantitative estimate of drug-likeness (QED) is 0.604. The van der Waals surface area contributed by atoms with Gasteiger partial charge in [0.05, 0.1) is 17.4 Å². The Morgan fingerprint density at radius 1 is 1.13 bits per heavy atom. The normalized spacial score (nSPS) is 10.8. The van der Waals surface area contributed by atoms with Gasteiger partial charge in [0.25, 0.3) is 5.91 Å². The molecule has 0 aromatic heterocycles. The van der Waals surface area contributed by atoms with E-state index >= 15 is 0 Å². The monoisotopic (exact) mass is 433 g/mol. The first kappa shape index (κ1) is 23.0. The Kier molecular flexibility index (Phi) is 8.03. The summed E-state index contributed by atoms with van der Waals surface area (Å²) >= 11 is 0. The number of sulfonamides is 1. The van der Waals surface area contributed by atoms with Gasteiger partial charge in [0.2, 0.25) is 10.0 Å². The van der Waals surface area contributed by atoms with Crippen LogP contribution in [0.2, 0.25) is 0 Å². The second-order valence-corrected chi connectivity index (χ2v) is 8.00. The molecule has 30 heavy (non-hydrogen) atoms. The fourth-order valence-electron chi connectivity index (χ4n) is 2.41. The highest BCUT2D eigenvalue weighted by Crippen LogP contribution is 2.16. The highest BCUT2D eigenvalue weighted by atomic mass is 32.2. The van der Waals surface area contributed by atoms with E-state index in [1.165, 1.54) is 29.2 Å². The molecule has 2 aromatic rings. The topological polar surface area (TPSA) is 117 Å². The van der Waals surface area contributed by atoms with E-state index in [9.17, 15) is 22.4 Å². The van der Waals surface area contributed by atoms with Gasteiger partial charge in [-0.05, 0) is 43.3 Å². The van der Waals surface area contributed by atoms with Crippen LogP contribution in [-0.4, -0.2) is 40.0 Å². The summed E-state index contributed by atoms with van der Waals surface area (Å²) in [5.41, 5.74) is 1.22. The van der Waals surface area contributed by atoms with Gasteiger partial charge in [0, 0.05) is 12.2 Å². The van der Waals surface area contributed by atoms with E-state index in [0.29, 0.717) is 5.69 Å². The van der Waals surface area contributed by atoms with Crippen molar-refractivity contribution in [3.8, 4) is 6.07 Å². The molecule has 1 amide bonds. The number of hydrogen-bond acceptors (Lipinski definition) is 6. The summed E-state index contributed by atoms with van der Waals surface area (Å²) in [5, 5.41) is 8.76. The molecule has 1 N–H and O–H groups in total. The predicted molar refractivity (Wildman–Crippen MR) is 106 cm³/mol. The molecule has 0 radical (unpaired) electrons. The number of nitrogens with zero attached hydrogens (tertiary/aromatic N) is 2. The third-order valence-electron chi connectivity index (χ3n) is 3.98. The molecule has 2 aromatic carbocycles. The molecule has 0 fully saturated rings. The zero-order valence-electron chi connectivity index (χ0n) is 16.2. The molecule has 10 heteroatoms. The minimum atomic E-state index is -3.90. The number of benzene rings is 2. The summed E-state index contributed by atoms with van der Waals surface area (Å²) in [4.78, 5) is 25.5. The molecule has 8 nitrogen and oxygen atoms in total. The molecule has 0 unspecified atom stereocenters. The summed E-state index contributed by atoms with van der Waals surface area (Å²) in [6.45, 7) is 0.523. The van der Waals surface area contributed by atoms with Crippen molar-refractivity contribution in [2.24, 2.45) is 0 Å². The maximum atomic E-state index is 13.1. The van der Waals surface area contributed by atoms with Crippen LogP contribution in [0.5, 0.6) is 0 Å². The fraction of sp³-hybridized carbons (Fsp3) is 0.250. The number of aryl methyl sites for hydroxylation is 1. The molecule has 0 saturated heterocycles. The summed E-state index contributed by atoms with van der Waals surface area (Å²) in [5.74, 6) is -2.07. The van der Waals surface area contributed by atoms with Crippen LogP contribution in [-0.2, 0) is 24.3 Å². The van der Waals surface area contributed by atoms with Crippen LogP contribution in [0, 0.1) is 24.1 Å². The summed E-state index contributed by atoms with van der Waals surface area (Å²) in [7, 11) is -3.90. The number of ether oxygens (including phenoxy) is 1. The average molecular weight is 433 g/mol. The van der Waals surface area contributed by atoms with Gasteiger partial charge in [-0.2, -0.15) is 9.98 Å². The summed E-state index contributed by atoms with van der Waals surface area (Å²) in [6, 6.07) is 13.0. The van der Waals surface area contributed by atoms with E-state index in [-0.39, 0.29) is 17.9 Å². The number of anilines is 1. The number of rotatable bonds is 9. The van der Waals surface area contributed by atoms with Gasteiger partial charge in [-0.15, -0.1) is 0 Å². The minimum absolute atomic E-state index is 0.00374. The lowest BCUT2D eigenvalue weighted by molar-refractivity contribution is -0.146. The van der Waals surface area contributed by atoms with E-state index in [2.05, 4.69) is 4.72 Å². The Morgan fingerprint density at radius 2 is 1.77 bits per heavy atom. The van der Waals surface area contributed by atoms with Crippen LogP contribution in [0.25, 0.3) is 0 Å². The fourth-order valence-corrected chi connectivity index (χ4v) is 3.38. The van der Waals surface area contributed by atoms with Crippen molar-refractivity contribution in [3.05, 3.63) is 59.9 Å². The molecule has 0 aliphatic heterocycles. The highest BCUT2D eigenvalue weighted by Gasteiger charge is 2.19. The first-order valence-corrected chi connectivity index (χ1v) is 10.4. The van der Waals surface area contributed by atoms with Crippen LogP contribution < -0.4 is 9.62 Å². The van der Waals surface area contributed by atoms with Crippen molar-refractivity contribution < 1.29 is 27.1 Å². The number of esters is 1. The first-order valence-electron chi connectivity index (χ1n) is 8.88. The smallest absolute Gasteiger partial charge is 0.321 e. The van der Waals surface area contributed by atoms with Gasteiger partial charge in [-0.25, -0.2) is 12.8 Å². The van der Waals surface area contributed by atoms with Gasteiger partial charge in [0.1, 0.15) is 12.4 Å². The second kappa shape index (κ2) is 10.5. The lowest BCUT2D eigenvalue weighted by atomic mass is 10.2. The van der Waals surface area contributed by atoms with Gasteiger partial charge >= 0.3 is 5.97 Å². The molecule has 158 valence electrons. The number of halogens is 1. The van der Waals surface area contributed by atoms with E-state index in [0.717, 1.165) is 17.7 Å². The van der Waals surface area contributed by atoms with Gasteiger partial charge in [-0.1, -0.05) is 17.7 Å².